The molecule has 0 unspecified atom stereocenters. The Labute approximate surface area is 376 Å². The van der Waals surface area contributed by atoms with Crippen molar-refractivity contribution in [2.24, 2.45) is 0 Å². The molecule has 0 fully saturated rings. The Morgan fingerprint density at radius 1 is 0.415 bits per heavy atom. The summed E-state index contributed by atoms with van der Waals surface area (Å²) in [6.07, 6.45) is 5.81. The molecule has 12 rings (SSSR count). The number of furan rings is 2. The predicted molar refractivity (Wildman–Crippen MR) is 273 cm³/mol. The van der Waals surface area contributed by atoms with Crippen LogP contribution in [0.25, 0.3) is 99.9 Å². The number of hydrogen-bond acceptors (Lipinski definition) is 3. The molecule has 0 radical (unpaired) electrons. The van der Waals surface area contributed by atoms with E-state index < -0.39 is 0 Å². The van der Waals surface area contributed by atoms with Crippen LogP contribution in [0.4, 0.5) is 17.1 Å². The maximum atomic E-state index is 6.14. The van der Waals surface area contributed by atoms with Crippen molar-refractivity contribution in [1.29, 1.82) is 0 Å². The van der Waals surface area contributed by atoms with E-state index in [2.05, 4.69) is 216 Å². The molecule has 4 nitrogen and oxygen atoms in total. The van der Waals surface area contributed by atoms with E-state index in [1.54, 1.807) is 6.08 Å². The van der Waals surface area contributed by atoms with Gasteiger partial charge in [0.15, 0.2) is 0 Å². The minimum atomic E-state index is 0.876. The van der Waals surface area contributed by atoms with Crippen LogP contribution in [0.3, 0.4) is 0 Å². The smallest absolute Gasteiger partial charge is 0.135 e. The highest BCUT2D eigenvalue weighted by Gasteiger charge is 2.17. The average molecular weight is 835 g/mol. The van der Waals surface area contributed by atoms with Crippen LogP contribution in [0.1, 0.15) is 11.3 Å². The number of aromatic nitrogens is 1. The number of benzene rings is 9. The second kappa shape index (κ2) is 15.6. The van der Waals surface area contributed by atoms with Crippen LogP contribution in [0.2, 0.25) is 0 Å². The summed E-state index contributed by atoms with van der Waals surface area (Å²) in [6.45, 7) is 5.87. The van der Waals surface area contributed by atoms with Gasteiger partial charge >= 0.3 is 0 Å². The summed E-state index contributed by atoms with van der Waals surface area (Å²) in [7, 11) is 0. The van der Waals surface area contributed by atoms with E-state index in [0.717, 1.165) is 94.8 Å². The number of fused-ring (bicyclic) bond motifs is 7. The van der Waals surface area contributed by atoms with E-state index in [4.69, 9.17) is 8.83 Å². The molecule has 0 amide bonds. The Hall–Kier alpha value is -8.60. The molecule has 4 heteroatoms. The topological polar surface area (TPSA) is 34.5 Å². The number of aryl methyl sites for hydroxylation is 1. The molecule has 0 aliphatic rings. The SMILES string of the molecule is C=C/C=C\c1c(C)oc2ccc(-c3ccc(N(c4ccc(-c5ccc6oc7ccccc7c6c5)cc4)c4ccc(-c5ccc6c(c5)c5ccccc5n6-c5ccccc5)cc4)cc3)cc12. The molecule has 65 heavy (non-hydrogen) atoms. The maximum absolute atomic E-state index is 6.14. The van der Waals surface area contributed by atoms with Crippen molar-refractivity contribution in [3.63, 3.8) is 0 Å². The van der Waals surface area contributed by atoms with Gasteiger partial charge in [0.2, 0.25) is 0 Å². The van der Waals surface area contributed by atoms with Gasteiger partial charge in [-0.25, -0.2) is 0 Å². The molecular weight excluding hydrogens is 793 g/mol. The lowest BCUT2D eigenvalue weighted by molar-refractivity contribution is 0.577. The van der Waals surface area contributed by atoms with Gasteiger partial charge in [0.1, 0.15) is 22.5 Å². The van der Waals surface area contributed by atoms with Crippen LogP contribution in [-0.4, -0.2) is 4.57 Å². The summed E-state index contributed by atoms with van der Waals surface area (Å²) in [6, 6.07) is 74.0. The van der Waals surface area contributed by atoms with Crippen LogP contribution < -0.4 is 4.90 Å². The van der Waals surface area contributed by atoms with Crippen molar-refractivity contribution < 1.29 is 8.83 Å². The minimum Gasteiger partial charge on any atom is -0.461 e. The molecule has 3 heterocycles. The Morgan fingerprint density at radius 3 is 1.52 bits per heavy atom. The molecule has 3 aromatic heterocycles. The number of nitrogens with zero attached hydrogens (tertiary/aromatic N) is 2. The largest absolute Gasteiger partial charge is 0.461 e. The van der Waals surface area contributed by atoms with E-state index in [9.17, 15) is 0 Å². The molecule has 0 aliphatic heterocycles. The first-order valence-corrected chi connectivity index (χ1v) is 22.0. The first kappa shape index (κ1) is 38.1. The van der Waals surface area contributed by atoms with Crippen LogP contribution in [0, 0.1) is 6.92 Å². The zero-order valence-electron chi connectivity index (χ0n) is 35.8. The summed E-state index contributed by atoms with van der Waals surface area (Å²) >= 11 is 0. The summed E-state index contributed by atoms with van der Waals surface area (Å²) in [5.41, 5.74) is 17.4. The normalized spacial score (nSPS) is 11.8. The third-order valence-electron chi connectivity index (χ3n) is 12.8. The predicted octanol–water partition coefficient (Wildman–Crippen LogP) is 17.4. The minimum absolute atomic E-state index is 0.876. The molecule has 0 aliphatic carbocycles. The fourth-order valence-corrected chi connectivity index (χ4v) is 9.56. The molecular formula is C61H42N2O2. The van der Waals surface area contributed by atoms with Crippen molar-refractivity contribution in [3.05, 3.63) is 236 Å². The average Bonchev–Trinajstić information content (AvgIpc) is 4.01. The number of allylic oxidation sites excluding steroid dienone is 2. The van der Waals surface area contributed by atoms with Crippen LogP contribution in [0.15, 0.2) is 234 Å². The second-order valence-corrected chi connectivity index (χ2v) is 16.6. The van der Waals surface area contributed by atoms with Gasteiger partial charge in [-0.05, 0) is 137 Å². The van der Waals surface area contributed by atoms with Gasteiger partial charge < -0.3 is 18.3 Å². The monoisotopic (exact) mass is 834 g/mol. The van der Waals surface area contributed by atoms with Crippen LogP contribution in [0.5, 0.6) is 0 Å². The molecule has 0 spiro atoms. The van der Waals surface area contributed by atoms with E-state index in [-0.39, 0.29) is 0 Å². The Bertz CT molecular complexity index is 3770. The molecule has 0 N–H and O–H groups in total. The lowest BCUT2D eigenvalue weighted by Gasteiger charge is -2.26. The highest BCUT2D eigenvalue weighted by Crippen LogP contribution is 2.41. The van der Waals surface area contributed by atoms with Gasteiger partial charge in [-0.3, -0.25) is 0 Å². The highest BCUT2D eigenvalue weighted by atomic mass is 16.3. The molecule has 9 aromatic carbocycles. The van der Waals surface area contributed by atoms with Gasteiger partial charge in [0.05, 0.1) is 11.0 Å². The first-order valence-electron chi connectivity index (χ1n) is 22.0. The second-order valence-electron chi connectivity index (χ2n) is 16.6. The fraction of sp³-hybridized carbons (Fsp3) is 0.0164. The number of hydrogen-bond donors (Lipinski definition) is 0. The molecule has 0 saturated carbocycles. The molecule has 0 saturated heterocycles. The third-order valence-corrected chi connectivity index (χ3v) is 12.8. The maximum Gasteiger partial charge on any atom is 0.135 e. The first-order chi connectivity index (χ1) is 32.1. The summed E-state index contributed by atoms with van der Waals surface area (Å²) in [5, 5.41) is 5.81. The number of rotatable bonds is 9. The van der Waals surface area contributed by atoms with E-state index in [0.29, 0.717) is 0 Å². The van der Waals surface area contributed by atoms with Gasteiger partial charge in [0.25, 0.3) is 0 Å². The van der Waals surface area contributed by atoms with Crippen molar-refractivity contribution in [1.82, 2.24) is 4.57 Å². The molecule has 0 bridgehead atoms. The summed E-state index contributed by atoms with van der Waals surface area (Å²) in [5.74, 6) is 0.894. The van der Waals surface area contributed by atoms with E-state index in [1.165, 1.54) is 27.4 Å². The molecule has 12 aromatic rings. The molecule has 308 valence electrons. The third kappa shape index (κ3) is 6.63. The van der Waals surface area contributed by atoms with E-state index in [1.807, 2.05) is 25.1 Å². The van der Waals surface area contributed by atoms with Gasteiger partial charge in [-0.1, -0.05) is 134 Å². The van der Waals surface area contributed by atoms with Crippen LogP contribution in [-0.2, 0) is 0 Å². The van der Waals surface area contributed by atoms with Crippen molar-refractivity contribution >= 4 is 77.9 Å². The van der Waals surface area contributed by atoms with Gasteiger partial charge in [-0.2, -0.15) is 0 Å². The van der Waals surface area contributed by atoms with E-state index >= 15 is 0 Å². The zero-order chi connectivity index (χ0) is 43.4. The van der Waals surface area contributed by atoms with Gasteiger partial charge in [0, 0.05) is 55.2 Å². The highest BCUT2D eigenvalue weighted by molar-refractivity contribution is 6.10. The summed E-state index contributed by atoms with van der Waals surface area (Å²) in [4.78, 5) is 2.33. The number of para-hydroxylation sites is 3. The van der Waals surface area contributed by atoms with Crippen molar-refractivity contribution in [2.75, 3.05) is 4.90 Å². The lowest BCUT2D eigenvalue weighted by Crippen LogP contribution is -2.09. The van der Waals surface area contributed by atoms with Crippen LogP contribution >= 0.6 is 0 Å². The Kier molecular flexibility index (Phi) is 9.17. The van der Waals surface area contributed by atoms with Crippen molar-refractivity contribution in [2.45, 2.75) is 6.92 Å². The van der Waals surface area contributed by atoms with Gasteiger partial charge in [-0.15, -0.1) is 0 Å². The lowest BCUT2D eigenvalue weighted by atomic mass is 10.00. The summed E-state index contributed by atoms with van der Waals surface area (Å²) < 4.78 is 14.6. The Morgan fingerprint density at radius 2 is 0.892 bits per heavy atom. The molecule has 0 atom stereocenters. The Balaban J connectivity index is 0.922. The van der Waals surface area contributed by atoms with Crippen molar-refractivity contribution in [3.8, 4) is 39.1 Å². The standard InChI is InChI=1S/C61H42N2O2/c1-3-4-14-51-40(2)64-60-35-26-45(38-55(51)60)42-21-30-49(31-22-42)62(50-32-23-43(24-33-50)46-27-36-61-56(39-46)53-16-9-11-18-59(53)65-61)48-28-19-41(20-29-48)44-25-34-58-54(37-44)52-15-8-10-17-57(52)63(58)47-12-6-5-7-13-47/h3-39H,1H2,2H3/b14-4-. The zero-order valence-corrected chi connectivity index (χ0v) is 35.8. The fourth-order valence-electron chi connectivity index (χ4n) is 9.56. The number of anilines is 3. The quantitative estimate of drug-likeness (QED) is 0.136.